The number of rotatable bonds is 5. The van der Waals surface area contributed by atoms with Crippen LogP contribution in [0.2, 0.25) is 0 Å². The molecule has 1 aliphatic rings. The number of Topliss-reactive ketones (excluding diaryl/α,β-unsaturated/α-hetero) is 1. The summed E-state index contributed by atoms with van der Waals surface area (Å²) in [5.74, 6) is 0.325. The molecule has 3 rings (SSSR count). The van der Waals surface area contributed by atoms with Crippen molar-refractivity contribution in [1.82, 2.24) is 10.3 Å². The number of ketones is 1. The molecule has 112 valence electrons. The molecule has 1 aromatic heterocycles. The number of benzene rings is 1. The van der Waals surface area contributed by atoms with Crippen LogP contribution in [0.25, 0.3) is 10.9 Å². The second-order valence-electron chi connectivity index (χ2n) is 6.27. The van der Waals surface area contributed by atoms with Gasteiger partial charge in [0.2, 0.25) is 0 Å². The highest BCUT2D eigenvalue weighted by Crippen LogP contribution is 2.36. The molecule has 0 amide bonds. The van der Waals surface area contributed by atoms with Gasteiger partial charge in [0.05, 0.1) is 0 Å². The first-order chi connectivity index (χ1) is 10.2. The van der Waals surface area contributed by atoms with E-state index in [1.165, 1.54) is 0 Å². The highest BCUT2D eigenvalue weighted by atomic mass is 16.1. The van der Waals surface area contributed by atoms with Gasteiger partial charge in [-0.1, -0.05) is 19.8 Å². The molecule has 2 aromatic rings. The fourth-order valence-electron chi connectivity index (χ4n) is 3.50. The predicted octanol–water partition coefficient (Wildman–Crippen LogP) is 3.91. The zero-order valence-corrected chi connectivity index (χ0v) is 12.7. The fourth-order valence-corrected chi connectivity index (χ4v) is 3.50. The largest absolute Gasteiger partial charge is 0.361 e. The number of carbonyl (C=O) groups is 1. The summed E-state index contributed by atoms with van der Waals surface area (Å²) in [6.07, 6.45) is 7.31. The lowest BCUT2D eigenvalue weighted by Crippen LogP contribution is -2.45. The molecule has 1 atom stereocenters. The van der Waals surface area contributed by atoms with Crippen molar-refractivity contribution in [1.29, 1.82) is 0 Å². The van der Waals surface area contributed by atoms with Crippen molar-refractivity contribution >= 4 is 16.7 Å². The summed E-state index contributed by atoms with van der Waals surface area (Å²) >= 11 is 0. The van der Waals surface area contributed by atoms with Crippen LogP contribution in [0.4, 0.5) is 0 Å². The minimum Gasteiger partial charge on any atom is -0.361 e. The number of unbranched alkanes of at least 4 members (excludes halogenated alkanes) is 1. The van der Waals surface area contributed by atoms with Crippen LogP contribution in [0.1, 0.15) is 49.4 Å². The quantitative estimate of drug-likeness (QED) is 0.818. The topological polar surface area (TPSA) is 44.9 Å². The highest BCUT2D eigenvalue weighted by Gasteiger charge is 2.39. The zero-order chi connectivity index (χ0) is 14.7. The van der Waals surface area contributed by atoms with Gasteiger partial charge in [-0.2, -0.15) is 0 Å². The molecule has 3 heteroatoms. The van der Waals surface area contributed by atoms with Crippen LogP contribution in [0, 0.1) is 5.41 Å². The van der Waals surface area contributed by atoms with Gasteiger partial charge in [0, 0.05) is 34.6 Å². The SMILES string of the molecule is CCCCC1(C(=O)c2ccc3[nH]ccc3c2)CCCNC1. The molecule has 0 spiro atoms. The van der Waals surface area contributed by atoms with E-state index in [1.807, 2.05) is 30.5 Å². The minimum atomic E-state index is -0.196. The molecule has 1 saturated heterocycles. The van der Waals surface area contributed by atoms with E-state index in [0.717, 1.165) is 61.7 Å². The van der Waals surface area contributed by atoms with Gasteiger partial charge in [-0.05, 0) is 50.1 Å². The van der Waals surface area contributed by atoms with Crippen molar-refractivity contribution < 1.29 is 4.79 Å². The number of carbonyl (C=O) groups excluding carboxylic acids is 1. The molecule has 2 heterocycles. The Hall–Kier alpha value is -1.61. The Kier molecular flexibility index (Phi) is 4.11. The Morgan fingerprint density at radius 3 is 3.00 bits per heavy atom. The second kappa shape index (κ2) is 6.02. The molecule has 3 nitrogen and oxygen atoms in total. The molecule has 1 unspecified atom stereocenters. The number of H-pyrrole nitrogens is 1. The van der Waals surface area contributed by atoms with Gasteiger partial charge in [-0.25, -0.2) is 0 Å². The normalized spacial score (nSPS) is 22.5. The van der Waals surface area contributed by atoms with E-state index in [1.54, 1.807) is 0 Å². The Morgan fingerprint density at radius 1 is 1.33 bits per heavy atom. The highest BCUT2D eigenvalue weighted by molar-refractivity contribution is 6.03. The number of aromatic nitrogens is 1. The summed E-state index contributed by atoms with van der Waals surface area (Å²) in [4.78, 5) is 16.3. The first-order valence-corrected chi connectivity index (χ1v) is 8.08. The Labute approximate surface area is 126 Å². The van der Waals surface area contributed by atoms with Gasteiger partial charge in [-0.15, -0.1) is 0 Å². The summed E-state index contributed by atoms with van der Waals surface area (Å²) in [6, 6.07) is 8.07. The van der Waals surface area contributed by atoms with Crippen molar-refractivity contribution in [3.05, 3.63) is 36.0 Å². The Bertz CT molecular complexity index is 623. The van der Waals surface area contributed by atoms with E-state index >= 15 is 0 Å². The lowest BCUT2D eigenvalue weighted by Gasteiger charge is -2.36. The van der Waals surface area contributed by atoms with Crippen LogP contribution >= 0.6 is 0 Å². The first kappa shape index (κ1) is 14.3. The molecule has 1 fully saturated rings. The van der Waals surface area contributed by atoms with Gasteiger partial charge in [0.15, 0.2) is 5.78 Å². The van der Waals surface area contributed by atoms with Crippen molar-refractivity contribution in [2.45, 2.75) is 39.0 Å². The molecular weight excluding hydrogens is 260 g/mol. The minimum absolute atomic E-state index is 0.196. The summed E-state index contributed by atoms with van der Waals surface area (Å²) in [7, 11) is 0. The number of hydrogen-bond donors (Lipinski definition) is 2. The average molecular weight is 284 g/mol. The number of nitrogens with one attached hydrogen (secondary N) is 2. The maximum atomic E-state index is 13.1. The summed E-state index contributed by atoms with van der Waals surface area (Å²) < 4.78 is 0. The summed E-state index contributed by atoms with van der Waals surface area (Å²) in [6.45, 7) is 4.06. The van der Waals surface area contributed by atoms with Crippen LogP contribution in [0.15, 0.2) is 30.5 Å². The standard InChI is InChI=1S/C18H24N2O/c1-2-3-8-18(9-4-10-19-13-18)17(21)15-5-6-16-14(12-15)7-11-20-16/h5-7,11-12,19-20H,2-4,8-10,13H2,1H3. The third-order valence-electron chi connectivity index (χ3n) is 4.78. The predicted molar refractivity (Wildman–Crippen MR) is 86.7 cm³/mol. The van der Waals surface area contributed by atoms with Gasteiger partial charge < -0.3 is 10.3 Å². The lowest BCUT2D eigenvalue weighted by atomic mass is 9.71. The van der Waals surface area contributed by atoms with Crippen LogP contribution in [-0.4, -0.2) is 23.9 Å². The van der Waals surface area contributed by atoms with E-state index in [9.17, 15) is 4.79 Å². The molecule has 1 aliphatic heterocycles. The number of fused-ring (bicyclic) bond motifs is 1. The molecule has 21 heavy (non-hydrogen) atoms. The van der Waals surface area contributed by atoms with E-state index in [0.29, 0.717) is 5.78 Å². The van der Waals surface area contributed by atoms with Gasteiger partial charge in [0.25, 0.3) is 0 Å². The van der Waals surface area contributed by atoms with Crippen LogP contribution in [0.3, 0.4) is 0 Å². The molecule has 2 N–H and O–H groups in total. The molecular formula is C18H24N2O. The van der Waals surface area contributed by atoms with Crippen molar-refractivity contribution in [2.75, 3.05) is 13.1 Å². The fraction of sp³-hybridized carbons (Fsp3) is 0.500. The van der Waals surface area contributed by atoms with E-state index in [4.69, 9.17) is 0 Å². The number of piperidine rings is 1. The molecule has 0 aliphatic carbocycles. The van der Waals surface area contributed by atoms with Crippen molar-refractivity contribution in [2.24, 2.45) is 5.41 Å². The van der Waals surface area contributed by atoms with Crippen molar-refractivity contribution in [3.8, 4) is 0 Å². The van der Waals surface area contributed by atoms with E-state index in [2.05, 4.69) is 17.2 Å². The molecule has 0 bridgehead atoms. The van der Waals surface area contributed by atoms with Gasteiger partial charge >= 0.3 is 0 Å². The van der Waals surface area contributed by atoms with Crippen LogP contribution in [0.5, 0.6) is 0 Å². The zero-order valence-electron chi connectivity index (χ0n) is 12.7. The maximum Gasteiger partial charge on any atom is 0.170 e. The average Bonchev–Trinajstić information content (AvgIpc) is 3.00. The molecule has 0 radical (unpaired) electrons. The number of aromatic amines is 1. The smallest absolute Gasteiger partial charge is 0.170 e. The Balaban J connectivity index is 1.91. The van der Waals surface area contributed by atoms with E-state index in [-0.39, 0.29) is 5.41 Å². The molecule has 0 saturated carbocycles. The Morgan fingerprint density at radius 2 is 2.24 bits per heavy atom. The monoisotopic (exact) mass is 284 g/mol. The van der Waals surface area contributed by atoms with Crippen LogP contribution in [-0.2, 0) is 0 Å². The maximum absolute atomic E-state index is 13.1. The lowest BCUT2D eigenvalue weighted by molar-refractivity contribution is 0.0715. The van der Waals surface area contributed by atoms with Crippen molar-refractivity contribution in [3.63, 3.8) is 0 Å². The van der Waals surface area contributed by atoms with Crippen LogP contribution < -0.4 is 5.32 Å². The second-order valence-corrected chi connectivity index (χ2v) is 6.27. The number of hydrogen-bond acceptors (Lipinski definition) is 2. The molecule has 1 aromatic carbocycles. The third-order valence-corrected chi connectivity index (χ3v) is 4.78. The summed E-state index contributed by atoms with van der Waals surface area (Å²) in [5.41, 5.74) is 1.76. The van der Waals surface area contributed by atoms with E-state index < -0.39 is 0 Å². The van der Waals surface area contributed by atoms with Gasteiger partial charge in [0.1, 0.15) is 0 Å². The first-order valence-electron chi connectivity index (χ1n) is 8.08. The third kappa shape index (κ3) is 2.75. The van der Waals surface area contributed by atoms with Gasteiger partial charge in [-0.3, -0.25) is 4.79 Å². The summed E-state index contributed by atoms with van der Waals surface area (Å²) in [5, 5.41) is 4.56.